The van der Waals surface area contributed by atoms with Gasteiger partial charge in [0.05, 0.1) is 12.5 Å². The third kappa shape index (κ3) is 6.65. The lowest BCUT2D eigenvalue weighted by Crippen LogP contribution is -2.47. The quantitative estimate of drug-likeness (QED) is 0.469. The van der Waals surface area contributed by atoms with Gasteiger partial charge in [0.1, 0.15) is 6.04 Å². The molecule has 1 atom stereocenters. The number of amides is 3. The third-order valence-corrected chi connectivity index (χ3v) is 6.69. The topological polar surface area (TPSA) is 87.7 Å². The van der Waals surface area contributed by atoms with Crippen LogP contribution in [0.1, 0.15) is 82.0 Å². The van der Waals surface area contributed by atoms with Gasteiger partial charge in [-0.05, 0) is 48.3 Å². The molecular weight excluding hydrogens is 454 g/mol. The summed E-state index contributed by atoms with van der Waals surface area (Å²) in [5, 5.41) is 5.99. The molecule has 0 spiro atoms. The van der Waals surface area contributed by atoms with Gasteiger partial charge < -0.3 is 20.3 Å². The fourth-order valence-corrected chi connectivity index (χ4v) is 4.69. The fourth-order valence-electron chi connectivity index (χ4n) is 4.69. The number of likely N-dealkylation sites (tertiary alicyclic amines) is 1. The van der Waals surface area contributed by atoms with E-state index in [0.29, 0.717) is 38.1 Å². The lowest BCUT2D eigenvalue weighted by atomic mass is 9.92. The molecule has 1 heterocycles. The Labute approximate surface area is 214 Å². The van der Waals surface area contributed by atoms with Gasteiger partial charge >= 0.3 is 12.0 Å². The summed E-state index contributed by atoms with van der Waals surface area (Å²) in [6.45, 7) is 11.4. The standard InChI is InChI=1S/C29H39N3O4/c1-6-36-28(34)22-15-17-32(18-16-22)27(33)25(21-11-8-7-9-12-21)30-29(35)31-26-23(19(2)3)13-10-14-24(26)20(4)5/h7-14,19-20,22,25H,6,15-18H2,1-5H3,(H2,30,31,35). The highest BCUT2D eigenvalue weighted by molar-refractivity contribution is 5.95. The summed E-state index contributed by atoms with van der Waals surface area (Å²) in [5.41, 5.74) is 3.63. The molecule has 0 aliphatic carbocycles. The van der Waals surface area contributed by atoms with Crippen LogP contribution in [-0.4, -0.2) is 42.5 Å². The maximum absolute atomic E-state index is 13.6. The van der Waals surface area contributed by atoms with Crippen LogP contribution in [0, 0.1) is 5.92 Å². The summed E-state index contributed by atoms with van der Waals surface area (Å²) in [5.74, 6) is -0.119. The number of carbonyl (C=O) groups is 3. The Morgan fingerprint density at radius 3 is 2.03 bits per heavy atom. The molecule has 2 aromatic carbocycles. The molecule has 0 bridgehead atoms. The lowest BCUT2D eigenvalue weighted by Gasteiger charge is -2.33. The minimum atomic E-state index is -0.834. The second kappa shape index (κ2) is 12.6. The molecular formula is C29H39N3O4. The number of carbonyl (C=O) groups excluding carboxylic acids is 3. The van der Waals surface area contributed by atoms with Gasteiger partial charge in [-0.3, -0.25) is 9.59 Å². The molecule has 1 unspecified atom stereocenters. The molecule has 0 aromatic heterocycles. The number of hydrogen-bond acceptors (Lipinski definition) is 4. The number of nitrogens with zero attached hydrogens (tertiary/aromatic N) is 1. The van der Waals surface area contributed by atoms with Gasteiger partial charge in [0.15, 0.2) is 0 Å². The number of anilines is 1. The maximum atomic E-state index is 13.6. The largest absolute Gasteiger partial charge is 0.466 e. The molecule has 0 saturated carbocycles. The number of esters is 1. The summed E-state index contributed by atoms with van der Waals surface area (Å²) >= 11 is 0. The first kappa shape index (κ1) is 27.2. The predicted molar refractivity (Wildman–Crippen MR) is 142 cm³/mol. The first-order valence-electron chi connectivity index (χ1n) is 12.9. The van der Waals surface area contributed by atoms with Gasteiger partial charge in [-0.15, -0.1) is 0 Å². The molecule has 2 aromatic rings. The first-order valence-corrected chi connectivity index (χ1v) is 12.9. The van der Waals surface area contributed by atoms with E-state index in [0.717, 1.165) is 16.8 Å². The molecule has 1 fully saturated rings. The number of piperidine rings is 1. The van der Waals surface area contributed by atoms with Crippen LogP contribution < -0.4 is 10.6 Å². The van der Waals surface area contributed by atoms with Crippen LogP contribution in [0.4, 0.5) is 10.5 Å². The van der Waals surface area contributed by atoms with Crippen molar-refractivity contribution >= 4 is 23.6 Å². The van der Waals surface area contributed by atoms with Crippen LogP contribution in [-0.2, 0) is 14.3 Å². The Kier molecular flexibility index (Phi) is 9.51. The van der Waals surface area contributed by atoms with Crippen molar-refractivity contribution in [3.63, 3.8) is 0 Å². The normalized spacial score (nSPS) is 15.0. The van der Waals surface area contributed by atoms with E-state index in [9.17, 15) is 14.4 Å². The van der Waals surface area contributed by atoms with E-state index in [1.54, 1.807) is 11.8 Å². The monoisotopic (exact) mass is 493 g/mol. The number of ether oxygens (including phenoxy) is 1. The molecule has 36 heavy (non-hydrogen) atoms. The second-order valence-electron chi connectivity index (χ2n) is 9.91. The van der Waals surface area contributed by atoms with Crippen LogP contribution in [0.2, 0.25) is 0 Å². The SMILES string of the molecule is CCOC(=O)C1CCN(C(=O)C(NC(=O)Nc2c(C(C)C)cccc2C(C)C)c2ccccc2)CC1. The Balaban J connectivity index is 1.79. The zero-order valence-corrected chi connectivity index (χ0v) is 22.0. The Hall–Kier alpha value is -3.35. The van der Waals surface area contributed by atoms with Crippen LogP contribution in [0.15, 0.2) is 48.5 Å². The van der Waals surface area contributed by atoms with Crippen molar-refractivity contribution in [3.8, 4) is 0 Å². The van der Waals surface area contributed by atoms with E-state index < -0.39 is 12.1 Å². The molecule has 7 nitrogen and oxygen atoms in total. The molecule has 7 heteroatoms. The van der Waals surface area contributed by atoms with E-state index in [-0.39, 0.29) is 29.6 Å². The average Bonchev–Trinajstić information content (AvgIpc) is 2.87. The van der Waals surface area contributed by atoms with E-state index >= 15 is 0 Å². The van der Waals surface area contributed by atoms with Crippen molar-refractivity contribution in [3.05, 3.63) is 65.2 Å². The van der Waals surface area contributed by atoms with Crippen LogP contribution in [0.25, 0.3) is 0 Å². The lowest BCUT2D eigenvalue weighted by molar-refractivity contribution is -0.151. The van der Waals surface area contributed by atoms with Gasteiger partial charge in [0.25, 0.3) is 0 Å². The second-order valence-corrected chi connectivity index (χ2v) is 9.91. The van der Waals surface area contributed by atoms with Crippen molar-refractivity contribution in [1.29, 1.82) is 0 Å². The number of nitrogens with one attached hydrogen (secondary N) is 2. The highest BCUT2D eigenvalue weighted by Gasteiger charge is 2.33. The third-order valence-electron chi connectivity index (χ3n) is 6.69. The van der Waals surface area contributed by atoms with Crippen molar-refractivity contribution in [2.45, 2.75) is 65.3 Å². The van der Waals surface area contributed by atoms with E-state index in [2.05, 4.69) is 38.3 Å². The highest BCUT2D eigenvalue weighted by Crippen LogP contribution is 2.32. The molecule has 1 aliphatic rings. The van der Waals surface area contributed by atoms with Crippen LogP contribution in [0.5, 0.6) is 0 Å². The Bertz CT molecular complexity index is 1020. The van der Waals surface area contributed by atoms with Gasteiger partial charge in [-0.25, -0.2) is 4.79 Å². The summed E-state index contributed by atoms with van der Waals surface area (Å²) in [6, 6.07) is 14.1. The molecule has 1 saturated heterocycles. The van der Waals surface area contributed by atoms with Crippen molar-refractivity contribution in [2.75, 3.05) is 25.0 Å². The number of para-hydroxylation sites is 1. The molecule has 1 aliphatic heterocycles. The smallest absolute Gasteiger partial charge is 0.320 e. The van der Waals surface area contributed by atoms with Gasteiger partial charge in [0, 0.05) is 18.8 Å². The van der Waals surface area contributed by atoms with Gasteiger partial charge in [-0.2, -0.15) is 0 Å². The Morgan fingerprint density at radius 1 is 0.917 bits per heavy atom. The summed E-state index contributed by atoms with van der Waals surface area (Å²) in [7, 11) is 0. The zero-order valence-electron chi connectivity index (χ0n) is 22.0. The minimum absolute atomic E-state index is 0.181. The molecule has 2 N–H and O–H groups in total. The number of rotatable bonds is 8. The van der Waals surface area contributed by atoms with Crippen molar-refractivity contribution in [1.82, 2.24) is 10.2 Å². The van der Waals surface area contributed by atoms with Crippen LogP contribution in [0.3, 0.4) is 0 Å². The highest BCUT2D eigenvalue weighted by atomic mass is 16.5. The van der Waals surface area contributed by atoms with E-state index in [4.69, 9.17) is 4.74 Å². The molecule has 3 rings (SSSR count). The minimum Gasteiger partial charge on any atom is -0.466 e. The fraction of sp³-hybridized carbons (Fsp3) is 0.483. The molecule has 194 valence electrons. The van der Waals surface area contributed by atoms with E-state index in [1.165, 1.54) is 0 Å². The van der Waals surface area contributed by atoms with Crippen LogP contribution >= 0.6 is 0 Å². The summed E-state index contributed by atoms with van der Waals surface area (Å²) in [4.78, 5) is 40.7. The molecule has 3 amide bonds. The Morgan fingerprint density at radius 2 is 1.50 bits per heavy atom. The van der Waals surface area contributed by atoms with E-state index in [1.807, 2.05) is 48.5 Å². The predicted octanol–water partition coefficient (Wildman–Crippen LogP) is 5.60. The van der Waals surface area contributed by atoms with Gasteiger partial charge in [-0.1, -0.05) is 76.2 Å². The average molecular weight is 494 g/mol. The number of hydrogen-bond donors (Lipinski definition) is 2. The first-order chi connectivity index (χ1) is 17.2. The zero-order chi connectivity index (χ0) is 26.2. The van der Waals surface area contributed by atoms with Crippen molar-refractivity contribution in [2.24, 2.45) is 5.92 Å². The number of benzene rings is 2. The maximum Gasteiger partial charge on any atom is 0.320 e. The molecule has 0 radical (unpaired) electrons. The summed E-state index contributed by atoms with van der Waals surface area (Å²) in [6.07, 6.45) is 1.11. The summed E-state index contributed by atoms with van der Waals surface area (Å²) < 4.78 is 5.15. The number of urea groups is 1. The van der Waals surface area contributed by atoms with Crippen molar-refractivity contribution < 1.29 is 19.1 Å². The van der Waals surface area contributed by atoms with Gasteiger partial charge in [0.2, 0.25) is 5.91 Å².